The first-order valence-electron chi connectivity index (χ1n) is 6.95. The summed E-state index contributed by atoms with van der Waals surface area (Å²) in [6, 6.07) is 0. The Labute approximate surface area is 106 Å². The maximum atomic E-state index is 11.6. The minimum Gasteiger partial charge on any atom is -0.316 e. The highest BCUT2D eigenvalue weighted by molar-refractivity contribution is 7.91. The van der Waals surface area contributed by atoms with E-state index < -0.39 is 9.84 Å². The second-order valence-electron chi connectivity index (χ2n) is 5.37. The van der Waals surface area contributed by atoms with Crippen LogP contribution in [0.3, 0.4) is 0 Å². The maximum absolute atomic E-state index is 11.6. The predicted molar refractivity (Wildman–Crippen MR) is 73.0 cm³/mol. The molecule has 0 unspecified atom stereocenters. The molecule has 0 amide bonds. The van der Waals surface area contributed by atoms with Gasteiger partial charge in [-0.3, -0.25) is 0 Å². The third kappa shape index (κ3) is 4.96. The van der Waals surface area contributed by atoms with Gasteiger partial charge in [0.25, 0.3) is 0 Å². The fourth-order valence-electron chi connectivity index (χ4n) is 2.69. The lowest BCUT2D eigenvalue weighted by Crippen LogP contribution is -2.34. The zero-order valence-corrected chi connectivity index (χ0v) is 12.1. The molecule has 1 saturated carbocycles. The first-order chi connectivity index (χ1) is 8.04. The van der Waals surface area contributed by atoms with E-state index in [9.17, 15) is 8.42 Å². The Bertz CT molecular complexity index is 305. The molecular formula is C13H27NO2S. The van der Waals surface area contributed by atoms with Crippen molar-refractivity contribution in [3.8, 4) is 0 Å². The molecule has 1 N–H and O–H groups in total. The van der Waals surface area contributed by atoms with Gasteiger partial charge in [0.05, 0.1) is 5.75 Å². The predicted octanol–water partition coefficient (Wildman–Crippen LogP) is 2.37. The average molecular weight is 261 g/mol. The summed E-state index contributed by atoms with van der Waals surface area (Å²) in [5, 5.41) is 3.48. The van der Waals surface area contributed by atoms with E-state index in [2.05, 4.69) is 12.2 Å². The molecule has 4 heteroatoms. The Morgan fingerprint density at radius 2 is 1.82 bits per heavy atom. The number of hydrogen-bond donors (Lipinski definition) is 1. The van der Waals surface area contributed by atoms with Gasteiger partial charge >= 0.3 is 0 Å². The maximum Gasteiger partial charge on any atom is 0.150 e. The van der Waals surface area contributed by atoms with E-state index in [0.717, 1.165) is 25.9 Å². The summed E-state index contributed by atoms with van der Waals surface area (Å²) >= 11 is 0. The molecule has 1 rings (SSSR count). The summed E-state index contributed by atoms with van der Waals surface area (Å²) in [6.07, 6.45) is 6.91. The van der Waals surface area contributed by atoms with Gasteiger partial charge in [-0.15, -0.1) is 0 Å². The average Bonchev–Trinajstić information content (AvgIpc) is 2.77. The Hall–Kier alpha value is -0.0900. The quantitative estimate of drug-likeness (QED) is 0.682. The monoisotopic (exact) mass is 261 g/mol. The van der Waals surface area contributed by atoms with Crippen LogP contribution >= 0.6 is 0 Å². The molecule has 0 aromatic rings. The summed E-state index contributed by atoms with van der Waals surface area (Å²) in [6.45, 7) is 5.95. The molecule has 0 atom stereocenters. The fraction of sp³-hybridized carbons (Fsp3) is 1.00. The van der Waals surface area contributed by atoms with Gasteiger partial charge in [0.15, 0.2) is 0 Å². The van der Waals surface area contributed by atoms with E-state index in [1.54, 1.807) is 6.92 Å². The van der Waals surface area contributed by atoms with Crippen molar-refractivity contribution in [3.63, 3.8) is 0 Å². The van der Waals surface area contributed by atoms with Crippen LogP contribution in [0.15, 0.2) is 0 Å². The SMILES string of the molecule is CCCNCC1(CCS(=O)(=O)CC)CCCC1. The summed E-state index contributed by atoms with van der Waals surface area (Å²) in [5.41, 5.74) is 0.261. The van der Waals surface area contributed by atoms with Crippen LogP contribution in [-0.2, 0) is 9.84 Å². The topological polar surface area (TPSA) is 46.2 Å². The minimum absolute atomic E-state index is 0.261. The molecular weight excluding hydrogens is 234 g/mol. The number of sulfone groups is 1. The second-order valence-corrected chi connectivity index (χ2v) is 7.84. The summed E-state index contributed by atoms with van der Waals surface area (Å²) in [4.78, 5) is 0. The molecule has 1 fully saturated rings. The standard InChI is InChI=1S/C13H27NO2S/c1-3-10-14-12-13(7-5-6-8-13)9-11-17(15,16)4-2/h14H,3-12H2,1-2H3. The van der Waals surface area contributed by atoms with E-state index in [0.29, 0.717) is 5.75 Å². The van der Waals surface area contributed by atoms with Crippen molar-refractivity contribution in [2.24, 2.45) is 5.41 Å². The Morgan fingerprint density at radius 3 is 2.35 bits per heavy atom. The van der Waals surface area contributed by atoms with Gasteiger partial charge in [-0.2, -0.15) is 0 Å². The minimum atomic E-state index is -2.80. The number of rotatable bonds is 8. The van der Waals surface area contributed by atoms with Gasteiger partial charge in [-0.1, -0.05) is 26.7 Å². The molecule has 3 nitrogen and oxygen atoms in total. The van der Waals surface area contributed by atoms with E-state index >= 15 is 0 Å². The molecule has 0 radical (unpaired) electrons. The molecule has 0 bridgehead atoms. The molecule has 0 aromatic carbocycles. The van der Waals surface area contributed by atoms with Crippen LogP contribution < -0.4 is 5.32 Å². The number of nitrogens with one attached hydrogen (secondary N) is 1. The van der Waals surface area contributed by atoms with Gasteiger partial charge < -0.3 is 5.32 Å². The molecule has 0 aliphatic heterocycles. The van der Waals surface area contributed by atoms with Crippen molar-refractivity contribution < 1.29 is 8.42 Å². The normalized spacial score (nSPS) is 19.6. The van der Waals surface area contributed by atoms with Gasteiger partial charge in [0.2, 0.25) is 0 Å². The summed E-state index contributed by atoms with van der Waals surface area (Å²) < 4.78 is 23.2. The third-order valence-corrected chi connectivity index (χ3v) is 5.68. The fourth-order valence-corrected chi connectivity index (χ4v) is 3.72. The first-order valence-corrected chi connectivity index (χ1v) is 8.77. The van der Waals surface area contributed by atoms with Crippen LogP contribution in [0.5, 0.6) is 0 Å². The van der Waals surface area contributed by atoms with Crippen LogP contribution in [0.1, 0.15) is 52.4 Å². The van der Waals surface area contributed by atoms with Crippen molar-refractivity contribution in [1.82, 2.24) is 5.32 Å². The van der Waals surface area contributed by atoms with Crippen LogP contribution in [-0.4, -0.2) is 33.0 Å². The van der Waals surface area contributed by atoms with Crippen LogP contribution in [0.4, 0.5) is 0 Å². The van der Waals surface area contributed by atoms with Gasteiger partial charge in [0.1, 0.15) is 9.84 Å². The van der Waals surface area contributed by atoms with Gasteiger partial charge in [-0.05, 0) is 37.6 Å². The lowest BCUT2D eigenvalue weighted by atomic mass is 9.83. The smallest absolute Gasteiger partial charge is 0.150 e. The molecule has 0 spiro atoms. The summed E-state index contributed by atoms with van der Waals surface area (Å²) in [5.74, 6) is 0.656. The molecule has 1 aliphatic rings. The molecule has 102 valence electrons. The van der Waals surface area contributed by atoms with Crippen LogP contribution in [0, 0.1) is 5.41 Å². The number of hydrogen-bond acceptors (Lipinski definition) is 3. The van der Waals surface area contributed by atoms with Crippen molar-refractivity contribution >= 4 is 9.84 Å². The third-order valence-electron chi connectivity index (χ3n) is 3.97. The van der Waals surface area contributed by atoms with Gasteiger partial charge in [0, 0.05) is 12.3 Å². The largest absolute Gasteiger partial charge is 0.316 e. The highest BCUT2D eigenvalue weighted by atomic mass is 32.2. The Balaban J connectivity index is 2.47. The van der Waals surface area contributed by atoms with E-state index in [4.69, 9.17) is 0 Å². The lowest BCUT2D eigenvalue weighted by Gasteiger charge is -2.29. The molecule has 0 aromatic heterocycles. The van der Waals surface area contributed by atoms with E-state index in [1.165, 1.54) is 25.7 Å². The van der Waals surface area contributed by atoms with Gasteiger partial charge in [-0.25, -0.2) is 8.42 Å². The first kappa shape index (κ1) is 15.0. The molecule has 1 aliphatic carbocycles. The summed E-state index contributed by atoms with van der Waals surface area (Å²) in [7, 11) is -2.80. The zero-order valence-electron chi connectivity index (χ0n) is 11.3. The lowest BCUT2D eigenvalue weighted by molar-refractivity contribution is 0.270. The zero-order chi connectivity index (χ0) is 12.8. The second kappa shape index (κ2) is 6.74. The van der Waals surface area contributed by atoms with E-state index in [1.807, 2.05) is 0 Å². The van der Waals surface area contributed by atoms with Crippen LogP contribution in [0.25, 0.3) is 0 Å². The Morgan fingerprint density at radius 1 is 1.18 bits per heavy atom. The van der Waals surface area contributed by atoms with E-state index in [-0.39, 0.29) is 11.2 Å². The highest BCUT2D eigenvalue weighted by Crippen LogP contribution is 2.40. The Kier molecular flexibility index (Phi) is 5.93. The van der Waals surface area contributed by atoms with Crippen molar-refractivity contribution in [2.75, 3.05) is 24.6 Å². The van der Waals surface area contributed by atoms with Crippen molar-refractivity contribution in [3.05, 3.63) is 0 Å². The molecule has 17 heavy (non-hydrogen) atoms. The molecule has 0 saturated heterocycles. The highest BCUT2D eigenvalue weighted by Gasteiger charge is 2.34. The van der Waals surface area contributed by atoms with Crippen molar-refractivity contribution in [1.29, 1.82) is 0 Å². The molecule has 0 heterocycles. The van der Waals surface area contributed by atoms with Crippen molar-refractivity contribution in [2.45, 2.75) is 52.4 Å². The van der Waals surface area contributed by atoms with Crippen LogP contribution in [0.2, 0.25) is 0 Å².